The molecule has 0 N–H and O–H groups in total. The highest BCUT2D eigenvalue weighted by Crippen LogP contribution is 2.40. The fourth-order valence-electron chi connectivity index (χ4n) is 6.83. The van der Waals surface area contributed by atoms with Crippen LogP contribution in [0.15, 0.2) is 192 Å². The van der Waals surface area contributed by atoms with Crippen molar-refractivity contribution in [3.63, 3.8) is 0 Å². The molecular formula is C46H31NO. The molecule has 0 saturated carbocycles. The van der Waals surface area contributed by atoms with Crippen LogP contribution in [0, 0.1) is 0 Å². The van der Waals surface area contributed by atoms with Gasteiger partial charge in [-0.25, -0.2) is 0 Å². The van der Waals surface area contributed by atoms with Gasteiger partial charge in [0.2, 0.25) is 0 Å². The van der Waals surface area contributed by atoms with Crippen molar-refractivity contribution in [3.8, 4) is 33.6 Å². The van der Waals surface area contributed by atoms with Crippen molar-refractivity contribution < 1.29 is 4.42 Å². The molecule has 2 nitrogen and oxygen atoms in total. The quantitative estimate of drug-likeness (QED) is 0.185. The zero-order chi connectivity index (χ0) is 31.9. The van der Waals surface area contributed by atoms with Crippen LogP contribution >= 0.6 is 0 Å². The highest BCUT2D eigenvalue weighted by Gasteiger charge is 2.16. The van der Waals surface area contributed by atoms with Crippen LogP contribution in [0.4, 0.5) is 17.1 Å². The summed E-state index contributed by atoms with van der Waals surface area (Å²) in [6.07, 6.45) is 0. The van der Waals surface area contributed by atoms with Crippen molar-refractivity contribution in [2.45, 2.75) is 0 Å². The fraction of sp³-hybridized carbons (Fsp3) is 0. The summed E-state index contributed by atoms with van der Waals surface area (Å²) in [5.74, 6) is 0.856. The number of anilines is 3. The summed E-state index contributed by atoms with van der Waals surface area (Å²) >= 11 is 0. The summed E-state index contributed by atoms with van der Waals surface area (Å²) in [6, 6.07) is 67.0. The molecule has 0 aliphatic carbocycles. The minimum atomic E-state index is 0.856. The van der Waals surface area contributed by atoms with Gasteiger partial charge in [-0.1, -0.05) is 133 Å². The van der Waals surface area contributed by atoms with Crippen LogP contribution in [0.25, 0.3) is 66.1 Å². The number of nitrogens with zero attached hydrogens (tertiary/aromatic N) is 1. The van der Waals surface area contributed by atoms with E-state index in [-0.39, 0.29) is 0 Å². The Bertz CT molecular complexity index is 2540. The molecule has 48 heavy (non-hydrogen) atoms. The maximum atomic E-state index is 6.29. The first-order chi connectivity index (χ1) is 23.8. The Hall–Kier alpha value is -6.38. The second-order valence-electron chi connectivity index (χ2n) is 12.2. The summed E-state index contributed by atoms with van der Waals surface area (Å²) in [6.45, 7) is 0. The smallest absolute Gasteiger partial charge is 0.135 e. The van der Waals surface area contributed by atoms with Crippen molar-refractivity contribution in [1.29, 1.82) is 0 Å². The molecule has 1 heterocycles. The molecule has 0 bridgehead atoms. The minimum Gasteiger partial charge on any atom is -0.456 e. The van der Waals surface area contributed by atoms with Gasteiger partial charge in [0, 0.05) is 28.0 Å². The van der Waals surface area contributed by atoms with Gasteiger partial charge in [0.25, 0.3) is 0 Å². The Morgan fingerprint density at radius 2 is 0.958 bits per heavy atom. The number of hydrogen-bond acceptors (Lipinski definition) is 2. The molecule has 8 aromatic carbocycles. The van der Waals surface area contributed by atoms with Crippen LogP contribution in [0.1, 0.15) is 0 Å². The lowest BCUT2D eigenvalue weighted by molar-refractivity contribution is 0.631. The van der Waals surface area contributed by atoms with Gasteiger partial charge in [-0.05, 0) is 98.4 Å². The molecule has 0 fully saturated rings. The first kappa shape index (κ1) is 27.9. The van der Waals surface area contributed by atoms with Gasteiger partial charge >= 0.3 is 0 Å². The third kappa shape index (κ3) is 5.10. The van der Waals surface area contributed by atoms with E-state index >= 15 is 0 Å². The van der Waals surface area contributed by atoms with Gasteiger partial charge < -0.3 is 9.32 Å². The minimum absolute atomic E-state index is 0.856. The van der Waals surface area contributed by atoms with E-state index < -0.39 is 0 Å². The molecule has 0 aliphatic rings. The van der Waals surface area contributed by atoms with E-state index in [1.54, 1.807) is 0 Å². The Kier molecular flexibility index (Phi) is 6.84. The lowest BCUT2D eigenvalue weighted by atomic mass is 9.97. The van der Waals surface area contributed by atoms with Crippen LogP contribution < -0.4 is 4.90 Å². The Labute approximate surface area is 279 Å². The Morgan fingerprint density at radius 1 is 0.333 bits per heavy atom. The molecule has 9 aromatic rings. The lowest BCUT2D eigenvalue weighted by Gasteiger charge is -2.26. The monoisotopic (exact) mass is 613 g/mol. The standard InChI is InChI=1S/C46H31NO/c1-2-12-35-28-36(23-22-32(35)10-1)33-24-26-40(27-25-33)47(42-18-8-16-38(30-42)46-31-39-13-4-6-21-45(39)48-46)41-17-7-15-37(29-41)44-20-9-14-34-11-3-5-19-43(34)44/h1-31H. The van der Waals surface area contributed by atoms with E-state index in [1.165, 1.54) is 43.8 Å². The first-order valence-electron chi connectivity index (χ1n) is 16.3. The molecule has 2 heteroatoms. The average Bonchev–Trinajstić information content (AvgIpc) is 3.60. The molecule has 9 rings (SSSR count). The van der Waals surface area contributed by atoms with Crippen molar-refractivity contribution in [3.05, 3.63) is 188 Å². The van der Waals surface area contributed by atoms with Crippen molar-refractivity contribution in [2.24, 2.45) is 0 Å². The molecule has 0 amide bonds. The number of hydrogen-bond donors (Lipinski definition) is 0. The second-order valence-corrected chi connectivity index (χ2v) is 12.2. The summed E-state index contributed by atoms with van der Waals surface area (Å²) in [5.41, 5.74) is 9.93. The van der Waals surface area contributed by atoms with E-state index in [4.69, 9.17) is 4.42 Å². The summed E-state index contributed by atoms with van der Waals surface area (Å²) in [7, 11) is 0. The maximum absolute atomic E-state index is 6.29. The van der Waals surface area contributed by atoms with E-state index in [0.717, 1.165) is 39.4 Å². The van der Waals surface area contributed by atoms with Gasteiger partial charge in [0.05, 0.1) is 0 Å². The van der Waals surface area contributed by atoms with Crippen molar-refractivity contribution in [1.82, 2.24) is 0 Å². The molecule has 1 aromatic heterocycles. The Balaban J connectivity index is 1.17. The van der Waals surface area contributed by atoms with Gasteiger partial charge in [-0.3, -0.25) is 0 Å². The second kappa shape index (κ2) is 11.8. The normalized spacial score (nSPS) is 11.3. The first-order valence-corrected chi connectivity index (χ1v) is 16.3. The van der Waals surface area contributed by atoms with Gasteiger partial charge in [-0.15, -0.1) is 0 Å². The SMILES string of the molecule is c1cc(-c2cc3ccccc3o2)cc(N(c2ccc(-c3ccc4ccccc4c3)cc2)c2cccc(-c3cccc4ccccc34)c2)c1. The van der Waals surface area contributed by atoms with Crippen LogP contribution in [-0.2, 0) is 0 Å². The maximum Gasteiger partial charge on any atom is 0.135 e. The van der Waals surface area contributed by atoms with E-state index in [9.17, 15) is 0 Å². The van der Waals surface area contributed by atoms with Crippen LogP contribution in [0.3, 0.4) is 0 Å². The zero-order valence-corrected chi connectivity index (χ0v) is 26.3. The van der Waals surface area contributed by atoms with Gasteiger partial charge in [0.15, 0.2) is 0 Å². The predicted octanol–water partition coefficient (Wildman–Crippen LogP) is 13.2. The van der Waals surface area contributed by atoms with E-state index in [1.807, 2.05) is 18.2 Å². The van der Waals surface area contributed by atoms with E-state index in [0.29, 0.717) is 0 Å². The summed E-state index contributed by atoms with van der Waals surface area (Å²) < 4.78 is 6.29. The summed E-state index contributed by atoms with van der Waals surface area (Å²) in [5, 5.41) is 6.07. The van der Waals surface area contributed by atoms with Crippen LogP contribution in [-0.4, -0.2) is 0 Å². The molecule has 0 unspecified atom stereocenters. The topological polar surface area (TPSA) is 16.4 Å². The molecule has 0 atom stereocenters. The number of benzene rings is 8. The highest BCUT2D eigenvalue weighted by atomic mass is 16.3. The van der Waals surface area contributed by atoms with Crippen molar-refractivity contribution >= 4 is 49.6 Å². The molecule has 226 valence electrons. The third-order valence-electron chi connectivity index (χ3n) is 9.23. The number of para-hydroxylation sites is 1. The average molecular weight is 614 g/mol. The third-order valence-corrected chi connectivity index (χ3v) is 9.23. The van der Waals surface area contributed by atoms with Crippen LogP contribution in [0.2, 0.25) is 0 Å². The largest absolute Gasteiger partial charge is 0.456 e. The highest BCUT2D eigenvalue weighted by molar-refractivity contribution is 5.97. The van der Waals surface area contributed by atoms with Gasteiger partial charge in [-0.2, -0.15) is 0 Å². The zero-order valence-electron chi connectivity index (χ0n) is 26.3. The molecule has 0 saturated heterocycles. The predicted molar refractivity (Wildman–Crippen MR) is 202 cm³/mol. The summed E-state index contributed by atoms with van der Waals surface area (Å²) in [4.78, 5) is 2.34. The van der Waals surface area contributed by atoms with E-state index in [2.05, 4.69) is 175 Å². The molecular weight excluding hydrogens is 583 g/mol. The lowest BCUT2D eigenvalue weighted by Crippen LogP contribution is -2.10. The fourth-order valence-corrected chi connectivity index (χ4v) is 6.83. The Morgan fingerprint density at radius 3 is 1.77 bits per heavy atom. The van der Waals surface area contributed by atoms with Gasteiger partial charge in [0.1, 0.15) is 11.3 Å². The number of fused-ring (bicyclic) bond motifs is 3. The molecule has 0 spiro atoms. The number of rotatable bonds is 6. The van der Waals surface area contributed by atoms with Crippen LogP contribution in [0.5, 0.6) is 0 Å². The molecule has 0 aliphatic heterocycles. The number of furan rings is 1. The van der Waals surface area contributed by atoms with Crippen molar-refractivity contribution in [2.75, 3.05) is 4.90 Å². The molecule has 0 radical (unpaired) electrons.